The maximum absolute atomic E-state index is 10.3. The third kappa shape index (κ3) is 2.14. The fourth-order valence-electron chi connectivity index (χ4n) is 2.45. The number of nitrogens with zero attached hydrogens (tertiary/aromatic N) is 3. The first-order chi connectivity index (χ1) is 8.58. The minimum atomic E-state index is -0.337. The lowest BCUT2D eigenvalue weighted by Gasteiger charge is -2.41. The smallest absolute Gasteiger partial charge is 0.208 e. The van der Waals surface area contributed by atoms with Gasteiger partial charge in [0.2, 0.25) is 6.54 Å². The Kier molecular flexibility index (Phi) is 2.66. The van der Waals surface area contributed by atoms with E-state index in [9.17, 15) is 10.1 Å². The highest BCUT2D eigenvalue weighted by Crippen LogP contribution is 2.53. The normalized spacial score (nSPS) is 19.7. The summed E-state index contributed by atoms with van der Waals surface area (Å²) in [5.74, 6) is 0.891. The summed E-state index contributed by atoms with van der Waals surface area (Å²) >= 11 is 6.06. The average Bonchev–Trinajstić information content (AvgIpc) is 3.05. The fourth-order valence-corrected chi connectivity index (χ4v) is 2.69. The summed E-state index contributed by atoms with van der Waals surface area (Å²) in [5.41, 5.74) is 1.33. The van der Waals surface area contributed by atoms with Crippen molar-refractivity contribution in [3.63, 3.8) is 0 Å². The van der Waals surface area contributed by atoms with E-state index < -0.39 is 0 Å². The van der Waals surface area contributed by atoms with Crippen LogP contribution in [0.25, 0.3) is 0 Å². The predicted molar refractivity (Wildman–Crippen MR) is 68.7 cm³/mol. The molecule has 0 bridgehead atoms. The van der Waals surface area contributed by atoms with Crippen LogP contribution in [0, 0.1) is 15.5 Å². The van der Waals surface area contributed by atoms with E-state index in [2.05, 4.69) is 9.88 Å². The number of nitro groups is 1. The van der Waals surface area contributed by atoms with Crippen LogP contribution >= 0.6 is 11.6 Å². The Bertz CT molecular complexity index is 494. The molecule has 1 aliphatic heterocycles. The van der Waals surface area contributed by atoms with Crippen molar-refractivity contribution in [2.75, 3.05) is 24.5 Å². The Morgan fingerprint density at radius 3 is 2.72 bits per heavy atom. The van der Waals surface area contributed by atoms with Gasteiger partial charge in [-0.1, -0.05) is 17.7 Å². The van der Waals surface area contributed by atoms with Gasteiger partial charge in [-0.2, -0.15) is 0 Å². The van der Waals surface area contributed by atoms with Crippen LogP contribution in [0.15, 0.2) is 12.1 Å². The van der Waals surface area contributed by atoms with Crippen LogP contribution in [-0.4, -0.2) is 29.5 Å². The van der Waals surface area contributed by atoms with Gasteiger partial charge in [0.1, 0.15) is 11.0 Å². The number of pyridine rings is 1. The quantitative estimate of drug-likeness (QED) is 0.476. The summed E-state index contributed by atoms with van der Waals surface area (Å²) in [4.78, 5) is 16.5. The Morgan fingerprint density at radius 2 is 2.17 bits per heavy atom. The van der Waals surface area contributed by atoms with E-state index in [-0.39, 0.29) is 11.5 Å². The SMILES string of the molecule is O=[N+]([O-])CCc1ccc(N2CC3(CC3)C2)nc1Cl. The first-order valence-corrected chi connectivity index (χ1v) is 6.48. The zero-order valence-electron chi connectivity index (χ0n) is 9.93. The van der Waals surface area contributed by atoms with Gasteiger partial charge in [0, 0.05) is 29.8 Å². The molecule has 3 rings (SSSR count). The van der Waals surface area contributed by atoms with Gasteiger partial charge in [0.15, 0.2) is 0 Å². The van der Waals surface area contributed by atoms with Gasteiger partial charge < -0.3 is 4.90 Å². The van der Waals surface area contributed by atoms with Gasteiger partial charge in [-0.3, -0.25) is 10.1 Å². The number of halogens is 1. The molecule has 5 nitrogen and oxygen atoms in total. The van der Waals surface area contributed by atoms with Crippen LogP contribution in [0.5, 0.6) is 0 Å². The summed E-state index contributed by atoms with van der Waals surface area (Å²) in [7, 11) is 0. The van der Waals surface area contributed by atoms with Crippen molar-refractivity contribution in [3.05, 3.63) is 33.0 Å². The highest BCUT2D eigenvalue weighted by atomic mass is 35.5. The second-order valence-electron chi connectivity index (χ2n) is 5.28. The molecule has 2 heterocycles. The minimum absolute atomic E-state index is 0.104. The van der Waals surface area contributed by atoms with E-state index >= 15 is 0 Å². The summed E-state index contributed by atoms with van der Waals surface area (Å²) in [5, 5.41) is 10.7. The standard InChI is InChI=1S/C12H14ClN3O2/c13-11-9(3-6-16(17)18)1-2-10(14-11)15-7-12(8-15)4-5-12/h1-2H,3-8H2. The maximum atomic E-state index is 10.3. The van der Waals surface area contributed by atoms with E-state index in [4.69, 9.17) is 11.6 Å². The Hall–Kier alpha value is -1.36. The minimum Gasteiger partial charge on any atom is -0.355 e. The molecule has 96 valence electrons. The molecule has 6 heteroatoms. The highest BCUT2D eigenvalue weighted by molar-refractivity contribution is 6.30. The van der Waals surface area contributed by atoms with Crippen molar-refractivity contribution in [2.45, 2.75) is 19.3 Å². The highest BCUT2D eigenvalue weighted by Gasteiger charge is 2.52. The lowest BCUT2D eigenvalue weighted by molar-refractivity contribution is -0.479. The fraction of sp³-hybridized carbons (Fsp3) is 0.583. The van der Waals surface area contributed by atoms with Crippen molar-refractivity contribution in [1.29, 1.82) is 0 Å². The summed E-state index contributed by atoms with van der Waals surface area (Å²) in [6.07, 6.45) is 3.00. The molecule has 0 unspecified atom stereocenters. The third-order valence-electron chi connectivity index (χ3n) is 3.81. The van der Waals surface area contributed by atoms with Gasteiger partial charge >= 0.3 is 0 Å². The molecular formula is C12H14ClN3O2. The molecule has 2 fully saturated rings. The van der Waals surface area contributed by atoms with Crippen molar-refractivity contribution >= 4 is 17.4 Å². The van der Waals surface area contributed by atoms with E-state index in [0.717, 1.165) is 24.5 Å². The molecule has 1 aromatic heterocycles. The van der Waals surface area contributed by atoms with Crippen LogP contribution in [0.1, 0.15) is 18.4 Å². The van der Waals surface area contributed by atoms with Gasteiger partial charge in [-0.25, -0.2) is 4.98 Å². The Labute approximate surface area is 110 Å². The van der Waals surface area contributed by atoms with Gasteiger partial charge in [0.25, 0.3) is 0 Å². The molecule has 1 aromatic rings. The zero-order valence-corrected chi connectivity index (χ0v) is 10.7. The van der Waals surface area contributed by atoms with Gasteiger partial charge in [0.05, 0.1) is 0 Å². The molecule has 1 saturated carbocycles. The monoisotopic (exact) mass is 267 g/mol. The second-order valence-corrected chi connectivity index (χ2v) is 5.64. The van der Waals surface area contributed by atoms with Crippen LogP contribution in [0.4, 0.5) is 5.82 Å². The van der Waals surface area contributed by atoms with Crippen LogP contribution < -0.4 is 4.90 Å². The molecule has 0 N–H and O–H groups in total. The predicted octanol–water partition coefficient (Wildman–Crippen LogP) is 2.15. The lowest BCUT2D eigenvalue weighted by atomic mass is 9.97. The van der Waals surface area contributed by atoms with Crippen molar-refractivity contribution in [3.8, 4) is 0 Å². The van der Waals surface area contributed by atoms with Crippen molar-refractivity contribution in [2.24, 2.45) is 5.41 Å². The summed E-state index contributed by atoms with van der Waals surface area (Å²) in [6, 6.07) is 3.77. The molecule has 0 amide bonds. The third-order valence-corrected chi connectivity index (χ3v) is 4.14. The van der Waals surface area contributed by atoms with E-state index in [1.807, 2.05) is 12.1 Å². The topological polar surface area (TPSA) is 59.3 Å². The van der Waals surface area contributed by atoms with Crippen LogP contribution in [0.2, 0.25) is 5.15 Å². The van der Waals surface area contributed by atoms with E-state index in [0.29, 0.717) is 17.0 Å². The van der Waals surface area contributed by atoms with E-state index in [1.54, 1.807) is 0 Å². The molecule has 1 aliphatic carbocycles. The largest absolute Gasteiger partial charge is 0.355 e. The Morgan fingerprint density at radius 1 is 1.44 bits per heavy atom. The molecule has 18 heavy (non-hydrogen) atoms. The Balaban J connectivity index is 1.67. The molecule has 0 atom stereocenters. The molecule has 1 spiro atoms. The first-order valence-electron chi connectivity index (χ1n) is 6.10. The molecular weight excluding hydrogens is 254 g/mol. The number of hydrogen-bond acceptors (Lipinski definition) is 4. The first kappa shape index (κ1) is 11.7. The zero-order chi connectivity index (χ0) is 12.8. The van der Waals surface area contributed by atoms with E-state index in [1.165, 1.54) is 12.8 Å². The number of hydrogen-bond donors (Lipinski definition) is 0. The summed E-state index contributed by atoms with van der Waals surface area (Å²) < 4.78 is 0. The van der Waals surface area contributed by atoms with Crippen LogP contribution in [-0.2, 0) is 6.42 Å². The number of rotatable bonds is 4. The molecule has 0 radical (unpaired) electrons. The summed E-state index contributed by atoms with van der Waals surface area (Å²) in [6.45, 7) is 2.04. The van der Waals surface area contributed by atoms with Crippen molar-refractivity contribution < 1.29 is 4.92 Å². The molecule has 1 saturated heterocycles. The number of anilines is 1. The van der Waals surface area contributed by atoms with Crippen LogP contribution in [0.3, 0.4) is 0 Å². The van der Waals surface area contributed by atoms with Gasteiger partial charge in [-0.15, -0.1) is 0 Å². The average molecular weight is 268 g/mol. The van der Waals surface area contributed by atoms with Crippen molar-refractivity contribution in [1.82, 2.24) is 4.98 Å². The molecule has 0 aromatic carbocycles. The van der Waals surface area contributed by atoms with Gasteiger partial charge in [-0.05, 0) is 24.5 Å². The number of aromatic nitrogens is 1. The maximum Gasteiger partial charge on any atom is 0.208 e. The molecule has 2 aliphatic rings. The lowest BCUT2D eigenvalue weighted by Crippen LogP contribution is -2.48. The second kappa shape index (κ2) is 4.09.